The van der Waals surface area contributed by atoms with E-state index in [0.29, 0.717) is 18.0 Å². The SMILES string of the molecule is O=C(NCC[C@H](CCO)c1cccs1)c1ccccc1. The molecule has 0 aliphatic rings. The number of thiophene rings is 1. The molecule has 0 saturated carbocycles. The van der Waals surface area contributed by atoms with E-state index in [1.165, 1.54) is 4.88 Å². The van der Waals surface area contributed by atoms with Gasteiger partial charge in [-0.1, -0.05) is 24.3 Å². The number of amides is 1. The van der Waals surface area contributed by atoms with Gasteiger partial charge in [0, 0.05) is 23.6 Å². The van der Waals surface area contributed by atoms with Gasteiger partial charge >= 0.3 is 0 Å². The Hall–Kier alpha value is -1.65. The number of rotatable bonds is 7. The summed E-state index contributed by atoms with van der Waals surface area (Å²) < 4.78 is 0. The maximum absolute atomic E-state index is 11.9. The Balaban J connectivity index is 1.83. The van der Waals surface area contributed by atoms with Gasteiger partial charge in [-0.05, 0) is 42.3 Å². The molecule has 1 heterocycles. The van der Waals surface area contributed by atoms with E-state index in [2.05, 4.69) is 11.4 Å². The Morgan fingerprint density at radius 2 is 1.95 bits per heavy atom. The molecule has 0 fully saturated rings. The summed E-state index contributed by atoms with van der Waals surface area (Å²) in [7, 11) is 0. The molecule has 1 atom stereocenters. The number of hydrogen-bond donors (Lipinski definition) is 2. The minimum Gasteiger partial charge on any atom is -0.396 e. The molecule has 0 unspecified atom stereocenters. The predicted molar refractivity (Wildman–Crippen MR) is 82.2 cm³/mol. The van der Waals surface area contributed by atoms with Crippen LogP contribution in [-0.2, 0) is 0 Å². The Labute approximate surface area is 123 Å². The first-order valence-corrected chi connectivity index (χ1v) is 7.66. The van der Waals surface area contributed by atoms with Crippen molar-refractivity contribution in [2.75, 3.05) is 13.2 Å². The van der Waals surface area contributed by atoms with Crippen molar-refractivity contribution < 1.29 is 9.90 Å². The lowest BCUT2D eigenvalue weighted by atomic mass is 10.00. The lowest BCUT2D eigenvalue weighted by Gasteiger charge is -2.14. The quantitative estimate of drug-likeness (QED) is 0.823. The molecule has 0 saturated heterocycles. The average molecular weight is 289 g/mol. The molecule has 0 aliphatic heterocycles. The van der Waals surface area contributed by atoms with Crippen LogP contribution < -0.4 is 5.32 Å². The smallest absolute Gasteiger partial charge is 0.251 e. The first-order chi connectivity index (χ1) is 9.81. The van der Waals surface area contributed by atoms with Crippen molar-refractivity contribution in [2.24, 2.45) is 0 Å². The Morgan fingerprint density at radius 3 is 2.60 bits per heavy atom. The lowest BCUT2D eigenvalue weighted by molar-refractivity contribution is 0.0952. The van der Waals surface area contributed by atoms with Crippen molar-refractivity contribution in [1.29, 1.82) is 0 Å². The lowest BCUT2D eigenvalue weighted by Crippen LogP contribution is -2.25. The van der Waals surface area contributed by atoms with Crippen molar-refractivity contribution in [3.8, 4) is 0 Å². The van der Waals surface area contributed by atoms with Crippen molar-refractivity contribution in [1.82, 2.24) is 5.32 Å². The van der Waals surface area contributed by atoms with Gasteiger partial charge in [0.1, 0.15) is 0 Å². The van der Waals surface area contributed by atoms with Crippen molar-refractivity contribution >= 4 is 17.2 Å². The van der Waals surface area contributed by atoms with Crippen LogP contribution >= 0.6 is 11.3 Å². The second-order valence-corrected chi connectivity index (χ2v) is 5.61. The van der Waals surface area contributed by atoms with Crippen LogP contribution in [0.4, 0.5) is 0 Å². The number of benzene rings is 1. The Bertz CT molecular complexity index is 511. The number of nitrogens with one attached hydrogen (secondary N) is 1. The summed E-state index contributed by atoms with van der Waals surface area (Å²) in [6.07, 6.45) is 1.58. The van der Waals surface area contributed by atoms with E-state index < -0.39 is 0 Å². The van der Waals surface area contributed by atoms with E-state index in [4.69, 9.17) is 5.11 Å². The molecule has 0 radical (unpaired) electrons. The summed E-state index contributed by atoms with van der Waals surface area (Å²) in [6, 6.07) is 13.3. The van der Waals surface area contributed by atoms with E-state index in [9.17, 15) is 4.79 Å². The number of carbonyl (C=O) groups is 1. The van der Waals surface area contributed by atoms with Crippen molar-refractivity contribution in [2.45, 2.75) is 18.8 Å². The molecule has 4 heteroatoms. The molecule has 1 amide bonds. The van der Waals surface area contributed by atoms with Crippen LogP contribution in [-0.4, -0.2) is 24.2 Å². The minimum atomic E-state index is -0.0421. The highest BCUT2D eigenvalue weighted by Crippen LogP contribution is 2.26. The van der Waals surface area contributed by atoms with E-state index >= 15 is 0 Å². The zero-order valence-corrected chi connectivity index (χ0v) is 12.1. The third-order valence-corrected chi connectivity index (χ3v) is 4.27. The first-order valence-electron chi connectivity index (χ1n) is 6.78. The van der Waals surface area contributed by atoms with Crippen molar-refractivity contribution in [3.05, 3.63) is 58.3 Å². The molecule has 20 heavy (non-hydrogen) atoms. The molecular formula is C16H19NO2S. The standard InChI is InChI=1S/C16H19NO2S/c18-11-9-13(15-7-4-12-20-15)8-10-17-16(19)14-5-2-1-3-6-14/h1-7,12-13,18H,8-11H2,(H,17,19)/t13-/m1/s1. The molecule has 1 aromatic carbocycles. The fraction of sp³-hybridized carbons (Fsp3) is 0.312. The maximum atomic E-state index is 11.9. The summed E-state index contributed by atoms with van der Waals surface area (Å²) in [5.74, 6) is 0.274. The number of carbonyl (C=O) groups excluding carboxylic acids is 1. The molecule has 0 spiro atoms. The molecule has 0 bridgehead atoms. The van der Waals surface area contributed by atoms with E-state index in [1.807, 2.05) is 29.6 Å². The molecule has 3 nitrogen and oxygen atoms in total. The normalized spacial score (nSPS) is 12.1. The third kappa shape index (κ3) is 4.18. The summed E-state index contributed by atoms with van der Waals surface area (Å²) in [6.45, 7) is 0.797. The molecule has 1 aromatic heterocycles. The van der Waals surface area contributed by atoms with Crippen LogP contribution in [0.25, 0.3) is 0 Å². The highest BCUT2D eigenvalue weighted by Gasteiger charge is 2.12. The number of hydrogen-bond acceptors (Lipinski definition) is 3. The zero-order valence-electron chi connectivity index (χ0n) is 11.3. The van der Waals surface area contributed by atoms with Crippen LogP contribution in [0, 0.1) is 0 Å². The van der Waals surface area contributed by atoms with E-state index in [-0.39, 0.29) is 12.5 Å². The molecule has 106 valence electrons. The van der Waals surface area contributed by atoms with Crippen LogP contribution in [0.1, 0.15) is 34.0 Å². The van der Waals surface area contributed by atoms with Gasteiger partial charge in [-0.15, -0.1) is 11.3 Å². The topological polar surface area (TPSA) is 49.3 Å². The van der Waals surface area contributed by atoms with E-state index in [1.54, 1.807) is 23.5 Å². The maximum Gasteiger partial charge on any atom is 0.251 e. The predicted octanol–water partition coefficient (Wildman–Crippen LogP) is 3.03. The van der Waals surface area contributed by atoms with Gasteiger partial charge in [-0.25, -0.2) is 0 Å². The molecular weight excluding hydrogens is 270 g/mol. The summed E-state index contributed by atoms with van der Waals surface area (Å²) in [5.41, 5.74) is 0.683. The van der Waals surface area contributed by atoms with E-state index in [0.717, 1.165) is 12.8 Å². The molecule has 2 aromatic rings. The Morgan fingerprint density at radius 1 is 1.15 bits per heavy atom. The number of aliphatic hydroxyl groups is 1. The highest BCUT2D eigenvalue weighted by molar-refractivity contribution is 7.10. The van der Waals surface area contributed by atoms with Crippen LogP contribution in [0.15, 0.2) is 47.8 Å². The van der Waals surface area contributed by atoms with Crippen LogP contribution in [0.2, 0.25) is 0 Å². The molecule has 0 aliphatic carbocycles. The van der Waals surface area contributed by atoms with Gasteiger partial charge < -0.3 is 10.4 Å². The fourth-order valence-electron chi connectivity index (χ4n) is 2.16. The summed E-state index contributed by atoms with van der Waals surface area (Å²) in [5, 5.41) is 14.1. The minimum absolute atomic E-state index is 0.0421. The third-order valence-electron chi connectivity index (χ3n) is 3.24. The highest BCUT2D eigenvalue weighted by atomic mass is 32.1. The zero-order chi connectivity index (χ0) is 14.2. The average Bonchev–Trinajstić information content (AvgIpc) is 3.01. The summed E-state index contributed by atoms with van der Waals surface area (Å²) >= 11 is 1.70. The molecule has 2 N–H and O–H groups in total. The van der Waals surface area contributed by atoms with Gasteiger partial charge in [-0.3, -0.25) is 4.79 Å². The van der Waals surface area contributed by atoms with Crippen molar-refractivity contribution in [3.63, 3.8) is 0 Å². The van der Waals surface area contributed by atoms with Crippen LogP contribution in [0.3, 0.4) is 0 Å². The van der Waals surface area contributed by atoms with Gasteiger partial charge in [0.2, 0.25) is 0 Å². The first kappa shape index (κ1) is 14.8. The van der Waals surface area contributed by atoms with Gasteiger partial charge in [0.15, 0.2) is 0 Å². The van der Waals surface area contributed by atoms with Gasteiger partial charge in [0.05, 0.1) is 0 Å². The second-order valence-electron chi connectivity index (χ2n) is 4.64. The Kier molecular flexibility index (Phi) is 5.77. The van der Waals surface area contributed by atoms with Crippen LogP contribution in [0.5, 0.6) is 0 Å². The number of aliphatic hydroxyl groups excluding tert-OH is 1. The van der Waals surface area contributed by atoms with Gasteiger partial charge in [-0.2, -0.15) is 0 Å². The second kappa shape index (κ2) is 7.82. The summed E-state index contributed by atoms with van der Waals surface area (Å²) in [4.78, 5) is 13.2. The fourth-order valence-corrected chi connectivity index (χ4v) is 3.06. The monoisotopic (exact) mass is 289 g/mol. The van der Waals surface area contributed by atoms with Gasteiger partial charge in [0.25, 0.3) is 5.91 Å². The largest absolute Gasteiger partial charge is 0.396 e. The molecule has 2 rings (SSSR count).